The van der Waals surface area contributed by atoms with Crippen LogP contribution in [-0.2, 0) is 24.6 Å². The van der Waals surface area contributed by atoms with E-state index in [0.29, 0.717) is 60.6 Å². The van der Waals surface area contributed by atoms with Gasteiger partial charge in [-0.15, -0.1) is 0 Å². The number of anilines is 2. The van der Waals surface area contributed by atoms with Crippen molar-refractivity contribution in [2.45, 2.75) is 50.2 Å². The van der Waals surface area contributed by atoms with Gasteiger partial charge in [0.2, 0.25) is 0 Å². The Bertz CT molecular complexity index is 1300. The number of nitrogens with zero attached hydrogens (tertiary/aromatic N) is 3. The largest absolute Gasteiger partial charge is 0.399 e. The molecule has 10 heteroatoms. The van der Waals surface area contributed by atoms with Crippen LogP contribution in [0, 0.1) is 0 Å². The van der Waals surface area contributed by atoms with Crippen LogP contribution in [0.1, 0.15) is 39.3 Å². The van der Waals surface area contributed by atoms with E-state index in [1.54, 1.807) is 19.1 Å². The minimum absolute atomic E-state index is 0.0315. The predicted octanol–water partition coefficient (Wildman–Crippen LogP) is 5.03. The lowest BCUT2D eigenvalue weighted by molar-refractivity contribution is 0.0793. The molecule has 0 spiro atoms. The molecule has 2 heterocycles. The van der Waals surface area contributed by atoms with Crippen molar-refractivity contribution in [3.8, 4) is 11.4 Å². The minimum Gasteiger partial charge on any atom is -0.399 e. The van der Waals surface area contributed by atoms with E-state index >= 15 is 0 Å². The number of nitrogens with two attached hydrogens (primary N) is 1. The molecule has 1 aromatic heterocycles. The molecule has 3 aromatic rings. The Morgan fingerprint density at radius 3 is 2.50 bits per heavy atom. The van der Waals surface area contributed by atoms with E-state index < -0.39 is 15.7 Å². The SMILES string of the molecule is CCCC(C)(OS(=O)(=O)c1ccc(Cl)cc1)c1cc(N2CCOC[C@@H]2C)nc(-c2ccc(N)cc2)n1. The van der Waals surface area contributed by atoms with Gasteiger partial charge in [0, 0.05) is 28.9 Å². The van der Waals surface area contributed by atoms with Crippen LogP contribution in [0.3, 0.4) is 0 Å². The number of hydrogen-bond donors (Lipinski definition) is 1. The summed E-state index contributed by atoms with van der Waals surface area (Å²) in [5, 5.41) is 0.443. The topological polar surface area (TPSA) is 108 Å². The highest BCUT2D eigenvalue weighted by Crippen LogP contribution is 2.36. The van der Waals surface area contributed by atoms with Gasteiger partial charge in [-0.2, -0.15) is 8.42 Å². The monoisotopic (exact) mass is 530 g/mol. The highest BCUT2D eigenvalue weighted by Gasteiger charge is 2.37. The van der Waals surface area contributed by atoms with Gasteiger partial charge in [0.1, 0.15) is 11.4 Å². The lowest BCUT2D eigenvalue weighted by Gasteiger charge is -2.35. The van der Waals surface area contributed by atoms with E-state index in [1.807, 2.05) is 25.1 Å². The maximum absolute atomic E-state index is 13.3. The molecule has 0 aliphatic carbocycles. The molecule has 192 valence electrons. The second-order valence-electron chi connectivity index (χ2n) is 9.15. The summed E-state index contributed by atoms with van der Waals surface area (Å²) in [6.45, 7) is 7.61. The normalized spacial score (nSPS) is 18.1. The van der Waals surface area contributed by atoms with E-state index in [4.69, 9.17) is 36.2 Å². The lowest BCUT2D eigenvalue weighted by Crippen LogP contribution is -2.44. The number of hydrogen-bond acceptors (Lipinski definition) is 8. The van der Waals surface area contributed by atoms with E-state index in [2.05, 4.69) is 11.8 Å². The summed E-state index contributed by atoms with van der Waals surface area (Å²) in [5.41, 5.74) is 6.54. The van der Waals surface area contributed by atoms with Crippen LogP contribution in [0.25, 0.3) is 11.4 Å². The van der Waals surface area contributed by atoms with Crippen LogP contribution < -0.4 is 10.6 Å². The van der Waals surface area contributed by atoms with Crippen molar-refractivity contribution in [3.63, 3.8) is 0 Å². The molecule has 1 fully saturated rings. The molecule has 2 atom stereocenters. The number of aromatic nitrogens is 2. The summed E-state index contributed by atoms with van der Waals surface area (Å²) in [5.74, 6) is 1.16. The number of nitrogen functional groups attached to an aromatic ring is 1. The molecular formula is C26H31ClN4O4S. The molecule has 0 saturated carbocycles. The Morgan fingerprint density at radius 1 is 1.17 bits per heavy atom. The molecule has 36 heavy (non-hydrogen) atoms. The Labute approximate surface area is 217 Å². The molecule has 0 bridgehead atoms. The van der Waals surface area contributed by atoms with Gasteiger partial charge in [0.05, 0.1) is 29.8 Å². The molecule has 0 amide bonds. The van der Waals surface area contributed by atoms with Crippen LogP contribution in [0.15, 0.2) is 59.5 Å². The van der Waals surface area contributed by atoms with Gasteiger partial charge in [-0.3, -0.25) is 4.18 Å². The number of halogens is 1. The Morgan fingerprint density at radius 2 is 1.86 bits per heavy atom. The van der Waals surface area contributed by atoms with Gasteiger partial charge in [-0.05, 0) is 68.8 Å². The maximum Gasteiger partial charge on any atom is 0.297 e. The van der Waals surface area contributed by atoms with Gasteiger partial charge >= 0.3 is 0 Å². The quantitative estimate of drug-likeness (QED) is 0.319. The summed E-state index contributed by atoms with van der Waals surface area (Å²) in [4.78, 5) is 11.8. The molecule has 8 nitrogen and oxygen atoms in total. The van der Waals surface area contributed by atoms with Gasteiger partial charge in [0.15, 0.2) is 5.82 Å². The zero-order chi connectivity index (χ0) is 25.9. The first-order chi connectivity index (χ1) is 17.1. The van der Waals surface area contributed by atoms with Crippen molar-refractivity contribution >= 4 is 33.2 Å². The highest BCUT2D eigenvalue weighted by atomic mass is 35.5. The van der Waals surface area contributed by atoms with Gasteiger partial charge in [-0.1, -0.05) is 24.9 Å². The molecule has 1 aliphatic heterocycles. The summed E-state index contributed by atoms with van der Waals surface area (Å²) < 4.78 is 38.1. The first kappa shape index (κ1) is 26.3. The fourth-order valence-electron chi connectivity index (χ4n) is 4.26. The summed E-state index contributed by atoms with van der Waals surface area (Å²) in [6.07, 6.45) is 1.10. The molecule has 1 saturated heterocycles. The summed E-state index contributed by atoms with van der Waals surface area (Å²) in [6, 6.07) is 15.1. The van der Waals surface area contributed by atoms with Crippen LogP contribution >= 0.6 is 11.6 Å². The van der Waals surface area contributed by atoms with E-state index in [9.17, 15) is 8.42 Å². The summed E-state index contributed by atoms with van der Waals surface area (Å²) in [7, 11) is -4.11. The van der Waals surface area contributed by atoms with Crippen LogP contribution in [0.4, 0.5) is 11.5 Å². The third-order valence-electron chi connectivity index (χ3n) is 6.21. The van der Waals surface area contributed by atoms with E-state index in [1.165, 1.54) is 24.3 Å². The zero-order valence-corrected chi connectivity index (χ0v) is 22.2. The number of benzene rings is 2. The molecule has 2 aromatic carbocycles. The van der Waals surface area contributed by atoms with E-state index in [-0.39, 0.29) is 10.9 Å². The molecule has 1 aliphatic rings. The van der Waals surface area contributed by atoms with Crippen molar-refractivity contribution in [2.24, 2.45) is 0 Å². The molecular weight excluding hydrogens is 500 g/mol. The molecule has 1 unspecified atom stereocenters. The number of morpholine rings is 1. The smallest absolute Gasteiger partial charge is 0.297 e. The van der Waals surface area contributed by atoms with E-state index in [0.717, 1.165) is 5.56 Å². The van der Waals surface area contributed by atoms with Crippen LogP contribution in [0.2, 0.25) is 5.02 Å². The van der Waals surface area contributed by atoms with Crippen molar-refractivity contribution in [2.75, 3.05) is 30.4 Å². The van der Waals surface area contributed by atoms with Gasteiger partial charge < -0.3 is 15.4 Å². The lowest BCUT2D eigenvalue weighted by atomic mass is 9.95. The van der Waals surface area contributed by atoms with Crippen LogP contribution in [-0.4, -0.2) is 44.2 Å². The third-order valence-corrected chi connectivity index (χ3v) is 7.90. The Hall–Kier alpha value is -2.72. The Kier molecular flexibility index (Phi) is 7.85. The second-order valence-corrected chi connectivity index (χ2v) is 11.1. The van der Waals surface area contributed by atoms with Crippen molar-refractivity contribution < 1.29 is 17.3 Å². The third kappa shape index (κ3) is 5.81. The first-order valence-corrected chi connectivity index (χ1v) is 13.7. The maximum atomic E-state index is 13.3. The van der Waals surface area contributed by atoms with Crippen molar-refractivity contribution in [3.05, 3.63) is 65.3 Å². The number of ether oxygens (including phenoxy) is 1. The van der Waals surface area contributed by atoms with Gasteiger partial charge in [-0.25, -0.2) is 9.97 Å². The second kappa shape index (κ2) is 10.7. The van der Waals surface area contributed by atoms with Crippen molar-refractivity contribution in [1.82, 2.24) is 9.97 Å². The minimum atomic E-state index is -4.11. The number of rotatable bonds is 8. The molecule has 0 radical (unpaired) electrons. The van der Waals surface area contributed by atoms with Gasteiger partial charge in [0.25, 0.3) is 10.1 Å². The molecule has 4 rings (SSSR count). The predicted molar refractivity (Wildman–Crippen MR) is 141 cm³/mol. The fraction of sp³-hybridized carbons (Fsp3) is 0.385. The zero-order valence-electron chi connectivity index (χ0n) is 20.6. The standard InChI is InChI=1S/C26H31ClN4O4S/c1-4-13-26(3,35-36(32,33)22-11-7-20(27)8-12-22)23-16-24(31-14-15-34-17-18(31)2)30-25(29-23)19-5-9-21(28)10-6-19/h5-12,16,18H,4,13-15,17,28H2,1-3H3/t18-,26?/m0/s1. The summed E-state index contributed by atoms with van der Waals surface area (Å²) >= 11 is 5.95. The first-order valence-electron chi connectivity index (χ1n) is 11.9. The van der Waals surface area contributed by atoms with Crippen LogP contribution in [0.5, 0.6) is 0 Å². The molecule has 2 N–H and O–H groups in total. The average molecular weight is 531 g/mol. The van der Waals surface area contributed by atoms with Crippen molar-refractivity contribution in [1.29, 1.82) is 0 Å². The Balaban J connectivity index is 1.82. The average Bonchev–Trinajstić information content (AvgIpc) is 2.84. The highest BCUT2D eigenvalue weighted by molar-refractivity contribution is 7.86. The fourth-order valence-corrected chi connectivity index (χ4v) is 5.61.